The molecular weight excluding hydrogens is 222 g/mol. The lowest BCUT2D eigenvalue weighted by molar-refractivity contribution is 0.0738. The summed E-state index contributed by atoms with van der Waals surface area (Å²) in [6, 6.07) is 15.3. The Bertz CT molecular complexity index is 586. The molecular formula is C16H15NO. The van der Waals surface area contributed by atoms with Crippen LogP contribution in [0.5, 0.6) is 0 Å². The molecule has 0 unspecified atom stereocenters. The lowest BCUT2D eigenvalue weighted by atomic mass is 10.0. The number of hydrogen-bond donors (Lipinski definition) is 1. The van der Waals surface area contributed by atoms with Crippen molar-refractivity contribution in [3.63, 3.8) is 0 Å². The number of nitrogens with zero attached hydrogens (tertiary/aromatic N) is 1. The molecule has 2 nitrogen and oxygen atoms in total. The largest absolute Gasteiger partial charge is 0.384 e. The molecule has 0 bridgehead atoms. The van der Waals surface area contributed by atoms with Crippen molar-refractivity contribution >= 4 is 0 Å². The van der Waals surface area contributed by atoms with Gasteiger partial charge in [-0.25, -0.2) is 4.98 Å². The smallest absolute Gasteiger partial charge is 0.113 e. The van der Waals surface area contributed by atoms with E-state index in [2.05, 4.69) is 16.8 Å². The zero-order valence-electron chi connectivity index (χ0n) is 10.5. The van der Waals surface area contributed by atoms with Crippen molar-refractivity contribution in [3.05, 3.63) is 65.5 Å². The summed E-state index contributed by atoms with van der Waals surface area (Å²) >= 11 is 0. The van der Waals surface area contributed by atoms with E-state index in [1.54, 1.807) is 19.9 Å². The maximum Gasteiger partial charge on any atom is 0.113 e. The van der Waals surface area contributed by atoms with Crippen molar-refractivity contribution < 1.29 is 5.11 Å². The van der Waals surface area contributed by atoms with Crippen LogP contribution >= 0.6 is 0 Å². The Morgan fingerprint density at radius 2 is 1.67 bits per heavy atom. The number of pyridine rings is 1. The van der Waals surface area contributed by atoms with E-state index in [1.807, 2.05) is 42.5 Å². The lowest BCUT2D eigenvalue weighted by Crippen LogP contribution is -2.17. The number of rotatable bonds is 1. The molecule has 1 aromatic carbocycles. The molecule has 0 saturated carbocycles. The molecule has 0 aliphatic heterocycles. The van der Waals surface area contributed by atoms with E-state index in [9.17, 15) is 5.11 Å². The van der Waals surface area contributed by atoms with Gasteiger partial charge in [0.15, 0.2) is 0 Å². The van der Waals surface area contributed by atoms with Gasteiger partial charge in [0.1, 0.15) is 11.3 Å². The van der Waals surface area contributed by atoms with Gasteiger partial charge in [-0.05, 0) is 44.0 Å². The number of aromatic nitrogens is 1. The first-order valence-electron chi connectivity index (χ1n) is 5.83. The minimum Gasteiger partial charge on any atom is -0.384 e. The van der Waals surface area contributed by atoms with Crippen LogP contribution in [0.15, 0.2) is 48.5 Å². The predicted octanol–water partition coefficient (Wildman–Crippen LogP) is 2.71. The fourth-order valence-corrected chi connectivity index (χ4v) is 1.50. The van der Waals surface area contributed by atoms with Crippen molar-refractivity contribution in [1.82, 2.24) is 4.98 Å². The predicted molar refractivity (Wildman–Crippen MR) is 71.9 cm³/mol. The zero-order valence-corrected chi connectivity index (χ0v) is 10.5. The molecule has 0 aliphatic rings. The average molecular weight is 237 g/mol. The highest BCUT2D eigenvalue weighted by Crippen LogP contribution is 2.16. The zero-order chi connectivity index (χ0) is 13.0. The lowest BCUT2D eigenvalue weighted by Gasteiger charge is -2.16. The van der Waals surface area contributed by atoms with Crippen molar-refractivity contribution in [2.75, 3.05) is 0 Å². The first-order valence-corrected chi connectivity index (χ1v) is 5.83. The quantitative estimate of drug-likeness (QED) is 0.774. The Morgan fingerprint density at radius 3 is 2.33 bits per heavy atom. The Hall–Kier alpha value is -2.11. The van der Waals surface area contributed by atoms with Gasteiger partial charge in [-0.2, -0.15) is 0 Å². The molecule has 0 fully saturated rings. The van der Waals surface area contributed by atoms with E-state index in [0.29, 0.717) is 11.4 Å². The minimum atomic E-state index is -0.940. The molecule has 90 valence electrons. The second kappa shape index (κ2) is 5.03. The van der Waals surface area contributed by atoms with Crippen molar-refractivity contribution in [2.45, 2.75) is 19.4 Å². The summed E-state index contributed by atoms with van der Waals surface area (Å²) in [4.78, 5) is 4.34. The Balaban J connectivity index is 2.29. The monoisotopic (exact) mass is 237 g/mol. The molecule has 1 aromatic heterocycles. The molecule has 0 atom stereocenters. The van der Waals surface area contributed by atoms with Crippen molar-refractivity contribution in [1.29, 1.82) is 0 Å². The van der Waals surface area contributed by atoms with Gasteiger partial charge in [0.2, 0.25) is 0 Å². The summed E-state index contributed by atoms with van der Waals surface area (Å²) in [5, 5.41) is 9.89. The highest BCUT2D eigenvalue weighted by atomic mass is 16.3. The summed E-state index contributed by atoms with van der Waals surface area (Å²) in [6.07, 6.45) is 0. The summed E-state index contributed by atoms with van der Waals surface area (Å²) in [5.41, 5.74) is 1.30. The van der Waals surface area contributed by atoms with Crippen LogP contribution in [0, 0.1) is 11.8 Å². The number of aliphatic hydroxyl groups is 1. The average Bonchev–Trinajstić information content (AvgIpc) is 2.37. The van der Waals surface area contributed by atoms with Gasteiger partial charge in [0.05, 0.1) is 5.69 Å². The van der Waals surface area contributed by atoms with E-state index < -0.39 is 5.60 Å². The van der Waals surface area contributed by atoms with E-state index in [1.165, 1.54) is 0 Å². The number of benzene rings is 1. The second-order valence-electron chi connectivity index (χ2n) is 4.58. The fourth-order valence-electron chi connectivity index (χ4n) is 1.50. The van der Waals surface area contributed by atoms with Crippen molar-refractivity contribution in [2.24, 2.45) is 0 Å². The Kier molecular flexibility index (Phi) is 3.45. The maximum absolute atomic E-state index is 9.89. The molecule has 2 rings (SSSR count). The van der Waals surface area contributed by atoms with E-state index in [4.69, 9.17) is 0 Å². The van der Waals surface area contributed by atoms with Gasteiger partial charge in [0.25, 0.3) is 0 Å². The van der Waals surface area contributed by atoms with Crippen molar-refractivity contribution in [3.8, 4) is 11.8 Å². The fraction of sp³-hybridized carbons (Fsp3) is 0.188. The third-order valence-corrected chi connectivity index (χ3v) is 2.48. The molecule has 1 heterocycles. The number of hydrogen-bond acceptors (Lipinski definition) is 2. The van der Waals surface area contributed by atoms with Crippen LogP contribution < -0.4 is 0 Å². The van der Waals surface area contributed by atoms with Crippen LogP contribution in [0.4, 0.5) is 0 Å². The van der Waals surface area contributed by atoms with Crippen LogP contribution in [0.25, 0.3) is 0 Å². The van der Waals surface area contributed by atoms with Gasteiger partial charge in [-0.15, -0.1) is 0 Å². The Labute approximate surface area is 107 Å². The summed E-state index contributed by atoms with van der Waals surface area (Å²) in [6.45, 7) is 3.42. The molecule has 2 heteroatoms. The standard InChI is InChI=1S/C16H15NO/c1-16(2,18)15-10-6-9-14(17-15)12-11-13-7-4-3-5-8-13/h3-10,18H,1-2H3. The van der Waals surface area contributed by atoms with Crippen LogP contribution in [-0.4, -0.2) is 10.1 Å². The highest BCUT2D eigenvalue weighted by molar-refractivity contribution is 5.40. The molecule has 0 radical (unpaired) electrons. The first-order chi connectivity index (χ1) is 8.55. The van der Waals surface area contributed by atoms with Gasteiger partial charge in [-0.1, -0.05) is 30.2 Å². The molecule has 2 aromatic rings. The van der Waals surface area contributed by atoms with Gasteiger partial charge in [-0.3, -0.25) is 0 Å². The van der Waals surface area contributed by atoms with Crippen LogP contribution in [-0.2, 0) is 5.60 Å². The van der Waals surface area contributed by atoms with Crippen LogP contribution in [0.2, 0.25) is 0 Å². The van der Waals surface area contributed by atoms with E-state index >= 15 is 0 Å². The van der Waals surface area contributed by atoms with Gasteiger partial charge < -0.3 is 5.11 Å². The topological polar surface area (TPSA) is 33.1 Å². The molecule has 18 heavy (non-hydrogen) atoms. The summed E-state index contributed by atoms with van der Waals surface area (Å²) in [5.74, 6) is 6.05. The molecule has 0 spiro atoms. The minimum absolute atomic E-state index is 0.627. The maximum atomic E-state index is 9.89. The van der Waals surface area contributed by atoms with E-state index in [0.717, 1.165) is 5.56 Å². The van der Waals surface area contributed by atoms with E-state index in [-0.39, 0.29) is 0 Å². The third-order valence-electron chi connectivity index (χ3n) is 2.48. The third kappa shape index (κ3) is 3.19. The van der Waals surface area contributed by atoms with Crippen LogP contribution in [0.3, 0.4) is 0 Å². The highest BCUT2D eigenvalue weighted by Gasteiger charge is 2.17. The van der Waals surface area contributed by atoms with Gasteiger partial charge >= 0.3 is 0 Å². The molecule has 1 N–H and O–H groups in total. The normalized spacial score (nSPS) is 10.6. The summed E-state index contributed by atoms with van der Waals surface area (Å²) < 4.78 is 0. The SMILES string of the molecule is CC(C)(O)c1cccc(C#Cc2ccccc2)n1. The molecule has 0 aliphatic carbocycles. The molecule has 0 amide bonds. The summed E-state index contributed by atoms with van der Waals surface area (Å²) in [7, 11) is 0. The van der Waals surface area contributed by atoms with Crippen LogP contribution in [0.1, 0.15) is 30.8 Å². The second-order valence-corrected chi connectivity index (χ2v) is 4.58. The Morgan fingerprint density at radius 1 is 0.944 bits per heavy atom. The van der Waals surface area contributed by atoms with Gasteiger partial charge in [0, 0.05) is 5.56 Å². The first kappa shape index (κ1) is 12.3. The molecule has 0 saturated heterocycles.